The van der Waals surface area contributed by atoms with E-state index >= 15 is 0 Å². The molecule has 1 aromatic carbocycles. The van der Waals surface area contributed by atoms with Crippen LogP contribution in [0.15, 0.2) is 18.2 Å². The summed E-state index contributed by atoms with van der Waals surface area (Å²) in [5.74, 6) is -0.183. The quantitative estimate of drug-likeness (QED) is 0.919. The van der Waals surface area contributed by atoms with Crippen molar-refractivity contribution in [1.29, 1.82) is 0 Å². The summed E-state index contributed by atoms with van der Waals surface area (Å²) in [5, 5.41) is 2.58. The molecule has 1 aromatic rings. The molecule has 2 rings (SSSR count). The molecule has 0 atom stereocenters. The smallest absolute Gasteiger partial charge is 0.376 e. The van der Waals surface area contributed by atoms with Gasteiger partial charge in [0, 0.05) is 23.8 Å². The van der Waals surface area contributed by atoms with Crippen LogP contribution in [0.25, 0.3) is 0 Å². The zero-order chi connectivity index (χ0) is 15.5. The van der Waals surface area contributed by atoms with Gasteiger partial charge in [0.1, 0.15) is 0 Å². The zero-order valence-corrected chi connectivity index (χ0v) is 12.1. The van der Waals surface area contributed by atoms with Crippen molar-refractivity contribution in [2.24, 2.45) is 0 Å². The molecule has 0 bridgehead atoms. The predicted molar refractivity (Wildman–Crippen MR) is 75.4 cm³/mol. The fourth-order valence-corrected chi connectivity index (χ4v) is 2.50. The minimum Gasteiger partial charge on any atom is -0.376 e. The molecule has 1 aliphatic rings. The molecule has 1 fully saturated rings. The van der Waals surface area contributed by atoms with Crippen molar-refractivity contribution in [2.75, 3.05) is 25.0 Å². The first-order valence-electron chi connectivity index (χ1n) is 6.76. The Bertz CT molecular complexity index is 513. The molecule has 0 spiro atoms. The molecule has 0 aliphatic carbocycles. The molecule has 1 amide bonds. The molecule has 1 heterocycles. The largest absolute Gasteiger partial charge is 0.418 e. The van der Waals surface area contributed by atoms with Crippen LogP contribution in [-0.4, -0.2) is 30.4 Å². The Morgan fingerprint density at radius 3 is 2.52 bits per heavy atom. The van der Waals surface area contributed by atoms with Crippen LogP contribution in [0.3, 0.4) is 0 Å². The van der Waals surface area contributed by atoms with E-state index in [4.69, 9.17) is 11.6 Å². The molecule has 0 saturated carbocycles. The fourth-order valence-electron chi connectivity index (χ4n) is 2.33. The van der Waals surface area contributed by atoms with Crippen LogP contribution in [0, 0.1) is 0 Å². The molecule has 0 radical (unpaired) electrons. The third-order valence-electron chi connectivity index (χ3n) is 3.43. The number of alkyl halides is 3. The first kappa shape index (κ1) is 15.9. The summed E-state index contributed by atoms with van der Waals surface area (Å²) in [7, 11) is 0. The maximum absolute atomic E-state index is 12.9. The van der Waals surface area contributed by atoms with E-state index in [-0.39, 0.29) is 23.2 Å². The lowest BCUT2D eigenvalue weighted by molar-refractivity contribution is -0.137. The Balaban J connectivity index is 2.04. The van der Waals surface area contributed by atoms with Gasteiger partial charge in [-0.15, -0.1) is 0 Å². The van der Waals surface area contributed by atoms with Crippen molar-refractivity contribution in [1.82, 2.24) is 4.90 Å². The molecule has 7 heteroatoms. The average Bonchev–Trinajstić information content (AvgIpc) is 2.45. The number of rotatable bonds is 3. The van der Waals surface area contributed by atoms with Gasteiger partial charge in [-0.1, -0.05) is 11.6 Å². The van der Waals surface area contributed by atoms with Crippen LogP contribution in [-0.2, 0) is 11.0 Å². The van der Waals surface area contributed by atoms with E-state index in [2.05, 4.69) is 5.32 Å². The van der Waals surface area contributed by atoms with Crippen LogP contribution >= 0.6 is 11.6 Å². The van der Waals surface area contributed by atoms with Crippen molar-refractivity contribution < 1.29 is 18.0 Å². The third-order valence-corrected chi connectivity index (χ3v) is 3.66. The van der Waals surface area contributed by atoms with Crippen molar-refractivity contribution in [3.63, 3.8) is 0 Å². The number of carbonyl (C=O) groups excluding carboxylic acids is 1. The Labute approximate surface area is 126 Å². The lowest BCUT2D eigenvalue weighted by Gasteiger charge is -2.27. The summed E-state index contributed by atoms with van der Waals surface area (Å²) in [6, 6.07) is 3.47. The van der Waals surface area contributed by atoms with E-state index < -0.39 is 11.7 Å². The van der Waals surface area contributed by atoms with Gasteiger partial charge in [0.05, 0.1) is 12.1 Å². The van der Waals surface area contributed by atoms with E-state index in [0.717, 1.165) is 25.3 Å². The van der Waals surface area contributed by atoms with E-state index in [1.807, 2.05) is 0 Å². The molecule has 0 aromatic heterocycles. The number of halogens is 4. The number of likely N-dealkylation sites (tertiary alicyclic amines) is 1. The van der Waals surface area contributed by atoms with Crippen molar-refractivity contribution >= 4 is 23.2 Å². The average molecular weight is 321 g/mol. The number of anilines is 1. The molecule has 21 heavy (non-hydrogen) atoms. The highest BCUT2D eigenvalue weighted by molar-refractivity contribution is 6.30. The number of carbonyl (C=O) groups is 1. The maximum atomic E-state index is 12.9. The molecule has 3 nitrogen and oxygen atoms in total. The molecule has 1 aliphatic heterocycles. The molecular formula is C14H16ClF3N2O. The van der Waals surface area contributed by atoms with Gasteiger partial charge in [-0.25, -0.2) is 0 Å². The van der Waals surface area contributed by atoms with Crippen molar-refractivity contribution in [2.45, 2.75) is 25.4 Å². The molecular weight excluding hydrogens is 305 g/mol. The van der Waals surface area contributed by atoms with Gasteiger partial charge in [-0.05, 0) is 37.5 Å². The third kappa shape index (κ3) is 4.27. The lowest BCUT2D eigenvalue weighted by atomic mass is 10.1. The van der Waals surface area contributed by atoms with Gasteiger partial charge in [-0.2, -0.15) is 13.2 Å². The molecule has 0 unspecified atom stereocenters. The van der Waals surface area contributed by atoms with Gasteiger partial charge in [0.15, 0.2) is 0 Å². The number of benzene rings is 1. The van der Waals surface area contributed by atoms with Crippen molar-refractivity contribution in [3.8, 4) is 0 Å². The van der Waals surface area contributed by atoms with Crippen LogP contribution < -0.4 is 5.32 Å². The van der Waals surface area contributed by atoms with Gasteiger partial charge in [-0.3, -0.25) is 4.79 Å². The van der Waals surface area contributed by atoms with Gasteiger partial charge < -0.3 is 10.2 Å². The fraction of sp³-hybridized carbons (Fsp3) is 0.500. The summed E-state index contributed by atoms with van der Waals surface area (Å²) in [5.41, 5.74) is -0.987. The Morgan fingerprint density at radius 1 is 1.24 bits per heavy atom. The SMILES string of the molecule is O=C(CNc1ccc(Cl)cc1C(F)(F)F)N1CCCCC1. The summed E-state index contributed by atoms with van der Waals surface area (Å²) in [4.78, 5) is 13.6. The second-order valence-electron chi connectivity index (χ2n) is 4.98. The summed E-state index contributed by atoms with van der Waals surface area (Å²) in [6.07, 6.45) is -1.53. The van der Waals surface area contributed by atoms with Gasteiger partial charge in [0.25, 0.3) is 0 Å². The number of hydrogen-bond donors (Lipinski definition) is 1. The second-order valence-corrected chi connectivity index (χ2v) is 5.42. The number of amides is 1. The normalized spacial score (nSPS) is 15.9. The maximum Gasteiger partial charge on any atom is 0.418 e. The van der Waals surface area contributed by atoms with Gasteiger partial charge >= 0.3 is 6.18 Å². The molecule has 1 saturated heterocycles. The lowest BCUT2D eigenvalue weighted by Crippen LogP contribution is -2.39. The summed E-state index contributed by atoms with van der Waals surface area (Å²) < 4.78 is 38.7. The predicted octanol–water partition coefficient (Wildman–Crippen LogP) is 3.78. The molecule has 116 valence electrons. The first-order chi connectivity index (χ1) is 9.88. The van der Waals surface area contributed by atoms with E-state index in [1.165, 1.54) is 12.1 Å². The Kier molecular flexibility index (Phi) is 4.98. The van der Waals surface area contributed by atoms with Gasteiger partial charge in [0.2, 0.25) is 5.91 Å². The van der Waals surface area contributed by atoms with Crippen LogP contribution in [0.5, 0.6) is 0 Å². The number of piperidine rings is 1. The Hall–Kier alpha value is -1.43. The van der Waals surface area contributed by atoms with E-state index in [0.29, 0.717) is 13.1 Å². The number of hydrogen-bond acceptors (Lipinski definition) is 2. The highest BCUT2D eigenvalue weighted by Gasteiger charge is 2.34. The van der Waals surface area contributed by atoms with Crippen LogP contribution in [0.1, 0.15) is 24.8 Å². The summed E-state index contributed by atoms with van der Waals surface area (Å²) in [6.45, 7) is 1.20. The first-order valence-corrected chi connectivity index (χ1v) is 7.14. The summed E-state index contributed by atoms with van der Waals surface area (Å²) >= 11 is 5.60. The highest BCUT2D eigenvalue weighted by atomic mass is 35.5. The molecule has 1 N–H and O–H groups in total. The van der Waals surface area contributed by atoms with Crippen LogP contribution in [0.2, 0.25) is 5.02 Å². The minimum absolute atomic E-state index is 0.00947. The number of nitrogens with one attached hydrogen (secondary N) is 1. The topological polar surface area (TPSA) is 32.3 Å². The van der Waals surface area contributed by atoms with Crippen molar-refractivity contribution in [3.05, 3.63) is 28.8 Å². The highest BCUT2D eigenvalue weighted by Crippen LogP contribution is 2.36. The van der Waals surface area contributed by atoms with E-state index in [1.54, 1.807) is 4.90 Å². The second kappa shape index (κ2) is 6.56. The number of nitrogens with zero attached hydrogens (tertiary/aromatic N) is 1. The minimum atomic E-state index is -4.51. The monoisotopic (exact) mass is 320 g/mol. The Morgan fingerprint density at radius 2 is 1.90 bits per heavy atom. The zero-order valence-electron chi connectivity index (χ0n) is 11.3. The van der Waals surface area contributed by atoms with E-state index in [9.17, 15) is 18.0 Å². The van der Waals surface area contributed by atoms with Crippen LogP contribution in [0.4, 0.5) is 18.9 Å². The standard InChI is InChI=1S/C14H16ClF3N2O/c15-10-4-5-12(11(8-10)14(16,17)18)19-9-13(21)20-6-2-1-3-7-20/h4-5,8,19H,1-3,6-7,9H2.